The molecule has 2 aliphatic rings. The van der Waals surface area contributed by atoms with Crippen LogP contribution in [-0.4, -0.2) is 48.9 Å². The molecule has 0 spiro atoms. The quantitative estimate of drug-likeness (QED) is 0.464. The van der Waals surface area contributed by atoms with Crippen LogP contribution in [0.1, 0.15) is 60.5 Å². The van der Waals surface area contributed by atoms with Crippen molar-refractivity contribution in [3.05, 3.63) is 35.1 Å². The number of nitrogens with two attached hydrogens (primary N) is 1. The van der Waals surface area contributed by atoms with Gasteiger partial charge in [0.2, 0.25) is 17.3 Å². The molecule has 1 unspecified atom stereocenters. The van der Waals surface area contributed by atoms with Gasteiger partial charge in [-0.2, -0.15) is 0 Å². The van der Waals surface area contributed by atoms with E-state index < -0.39 is 28.8 Å². The van der Waals surface area contributed by atoms with Gasteiger partial charge in [0.1, 0.15) is 17.2 Å². The topological polar surface area (TPSA) is 142 Å². The molecular weight excluding hydrogens is 487 g/mol. The molecule has 0 saturated heterocycles. The smallest absolute Gasteiger partial charge is 0.261 e. The number of aliphatic hydroxyl groups excluding tert-OH is 1. The number of hydrogen-bond acceptors (Lipinski definition) is 6. The Kier molecular flexibility index (Phi) is 7.09. The van der Waals surface area contributed by atoms with E-state index in [-0.39, 0.29) is 40.4 Å². The Balaban J connectivity index is 2.11. The molecule has 0 radical (unpaired) electrons. The number of sulfonamides is 1. The van der Waals surface area contributed by atoms with E-state index in [9.17, 15) is 22.9 Å². The van der Waals surface area contributed by atoms with Crippen molar-refractivity contribution in [1.82, 2.24) is 4.90 Å². The summed E-state index contributed by atoms with van der Waals surface area (Å²) < 4.78 is 41.5. The number of carbonyl (C=O) groups excluding carboxylic acids is 1. The molecule has 0 aliphatic carbocycles. The van der Waals surface area contributed by atoms with Gasteiger partial charge in [-0.15, -0.1) is 0 Å². The number of primary sulfonamides is 1. The highest BCUT2D eigenvalue weighted by molar-refractivity contribution is 7.88. The van der Waals surface area contributed by atoms with Crippen molar-refractivity contribution >= 4 is 40.1 Å². The predicted octanol–water partition coefficient (Wildman–Crippen LogP) is 3.73. The maximum atomic E-state index is 13.9. The van der Waals surface area contributed by atoms with Crippen LogP contribution in [0.4, 0.5) is 5.69 Å². The molecule has 194 valence electrons. The number of nitrogens with one attached hydrogen (secondary N) is 1. The van der Waals surface area contributed by atoms with Crippen LogP contribution >= 0.6 is 7.29 Å². The van der Waals surface area contributed by atoms with E-state index in [0.717, 1.165) is 6.42 Å². The fourth-order valence-electron chi connectivity index (χ4n) is 4.51. The summed E-state index contributed by atoms with van der Waals surface area (Å²) in [5.41, 5.74) is 0.285. The molecule has 2 aliphatic heterocycles. The number of fused-ring (bicyclic) bond motifs is 1. The minimum absolute atomic E-state index is 0.0322. The second-order valence-corrected chi connectivity index (χ2v) is 15.6. The number of hydrogen-bond donors (Lipinski definition) is 3. The van der Waals surface area contributed by atoms with E-state index in [1.807, 2.05) is 20.8 Å². The third-order valence-corrected chi connectivity index (χ3v) is 9.90. The molecule has 2 heterocycles. The standard InChI is InChI=1S/C24H37N4O5PS/c1-8-24(6,7)14-28-20(23(3,4)5)19(29)18(22(28)30)21-26-16-11-10-15(13-35(25,32)33)12-17(16)34(31,9-2)27-21/h10-12,20,29H,8-9,13-14H2,1-7H3,(H2,25,32,33)(H,26,27,31)/t20?,34-/m0/s1. The summed E-state index contributed by atoms with van der Waals surface area (Å²) >= 11 is 0. The lowest BCUT2D eigenvalue weighted by Gasteiger charge is -2.39. The van der Waals surface area contributed by atoms with Gasteiger partial charge in [-0.05, 0) is 34.9 Å². The Hall–Kier alpha value is -2.16. The Labute approximate surface area is 208 Å². The van der Waals surface area contributed by atoms with E-state index in [0.29, 0.717) is 23.1 Å². The lowest BCUT2D eigenvalue weighted by atomic mass is 9.83. The molecule has 0 saturated carbocycles. The average molecular weight is 525 g/mol. The van der Waals surface area contributed by atoms with Gasteiger partial charge >= 0.3 is 0 Å². The van der Waals surface area contributed by atoms with Crippen LogP contribution in [-0.2, 0) is 25.1 Å². The van der Waals surface area contributed by atoms with Crippen LogP contribution in [0, 0.1) is 10.8 Å². The first-order chi connectivity index (χ1) is 15.9. The van der Waals surface area contributed by atoms with E-state index in [4.69, 9.17) is 5.14 Å². The van der Waals surface area contributed by atoms with Crippen molar-refractivity contribution in [2.75, 3.05) is 18.0 Å². The molecule has 1 aromatic carbocycles. The maximum absolute atomic E-state index is 13.9. The highest BCUT2D eigenvalue weighted by Gasteiger charge is 2.49. The Morgan fingerprint density at radius 1 is 1.20 bits per heavy atom. The molecule has 3 rings (SSSR count). The van der Waals surface area contributed by atoms with Gasteiger partial charge in [0.05, 0.1) is 22.8 Å². The summed E-state index contributed by atoms with van der Waals surface area (Å²) in [5, 5.41) is 20.0. The second kappa shape index (κ2) is 9.05. The van der Waals surface area contributed by atoms with Gasteiger partial charge in [0.15, 0.2) is 0 Å². The van der Waals surface area contributed by atoms with Crippen LogP contribution in [0.2, 0.25) is 0 Å². The predicted molar refractivity (Wildman–Crippen MR) is 141 cm³/mol. The third-order valence-electron chi connectivity index (χ3n) is 6.66. The highest BCUT2D eigenvalue weighted by Crippen LogP contribution is 2.51. The van der Waals surface area contributed by atoms with Gasteiger partial charge in [0.25, 0.3) is 5.91 Å². The van der Waals surface area contributed by atoms with Crippen molar-refractivity contribution in [3.63, 3.8) is 0 Å². The van der Waals surface area contributed by atoms with Gasteiger partial charge in [0, 0.05) is 12.7 Å². The number of carbonyl (C=O) groups is 1. The molecule has 1 amide bonds. The van der Waals surface area contributed by atoms with Crippen LogP contribution in [0.5, 0.6) is 0 Å². The van der Waals surface area contributed by atoms with Crippen molar-refractivity contribution in [1.29, 1.82) is 0 Å². The maximum Gasteiger partial charge on any atom is 0.261 e. The first kappa shape index (κ1) is 27.4. The lowest BCUT2D eigenvalue weighted by Crippen LogP contribution is -2.48. The molecular formula is C24H37N4O5PS. The molecule has 35 heavy (non-hydrogen) atoms. The average Bonchev–Trinajstić information content (AvgIpc) is 2.96. The molecule has 0 aromatic heterocycles. The van der Waals surface area contributed by atoms with Gasteiger partial charge in [-0.3, -0.25) is 9.36 Å². The zero-order chi connectivity index (χ0) is 26.6. The van der Waals surface area contributed by atoms with Crippen LogP contribution in [0.25, 0.3) is 0 Å². The Bertz CT molecular complexity index is 1260. The number of anilines is 1. The largest absolute Gasteiger partial charge is 0.509 e. The zero-order valence-electron chi connectivity index (χ0n) is 21.5. The first-order valence-electron chi connectivity index (χ1n) is 11.8. The third kappa shape index (κ3) is 5.49. The molecule has 0 bridgehead atoms. The minimum atomic E-state index is -3.77. The van der Waals surface area contributed by atoms with Gasteiger partial charge < -0.3 is 15.3 Å². The molecule has 11 heteroatoms. The van der Waals surface area contributed by atoms with Gasteiger partial charge in [-0.25, -0.2) is 18.3 Å². The SMILES string of the molecule is CCC(C)(C)CN1C(=O)C(C2=N[P@](=O)(CC)c3cc(CS(N)(=O)=O)ccc3N2)=C(O)C1C(C)(C)C. The minimum Gasteiger partial charge on any atom is -0.509 e. The van der Waals surface area contributed by atoms with Crippen LogP contribution < -0.4 is 15.8 Å². The monoisotopic (exact) mass is 524 g/mol. The summed E-state index contributed by atoms with van der Waals surface area (Å²) in [6.45, 7) is 14.3. The van der Waals surface area contributed by atoms with Crippen LogP contribution in [0.3, 0.4) is 0 Å². The lowest BCUT2D eigenvalue weighted by molar-refractivity contribution is -0.130. The normalized spacial score (nSPS) is 23.3. The zero-order valence-corrected chi connectivity index (χ0v) is 23.3. The van der Waals surface area contributed by atoms with E-state index >= 15 is 0 Å². The van der Waals surface area contributed by atoms with Gasteiger partial charge in [-0.1, -0.05) is 54.5 Å². The van der Waals surface area contributed by atoms with E-state index in [1.54, 1.807) is 24.0 Å². The first-order valence-corrected chi connectivity index (χ1v) is 15.3. The summed E-state index contributed by atoms with van der Waals surface area (Å²) in [4.78, 5) is 15.4. The van der Waals surface area contributed by atoms with Crippen molar-refractivity contribution < 1.29 is 22.9 Å². The van der Waals surface area contributed by atoms with Crippen molar-refractivity contribution in [3.8, 4) is 0 Å². The number of nitrogens with zero attached hydrogens (tertiary/aromatic N) is 2. The molecule has 1 aromatic rings. The number of benzene rings is 1. The molecule has 4 N–H and O–H groups in total. The van der Waals surface area contributed by atoms with Crippen LogP contribution in [0.15, 0.2) is 34.3 Å². The fraction of sp³-hybridized carbons (Fsp3) is 0.583. The molecule has 2 atom stereocenters. The Morgan fingerprint density at radius 2 is 1.83 bits per heavy atom. The fourth-order valence-corrected chi connectivity index (χ4v) is 7.09. The Morgan fingerprint density at radius 3 is 2.34 bits per heavy atom. The van der Waals surface area contributed by atoms with E-state index in [1.165, 1.54) is 6.07 Å². The summed E-state index contributed by atoms with van der Waals surface area (Å²) in [6, 6.07) is 4.18. The number of amidine groups is 1. The second-order valence-electron chi connectivity index (χ2n) is 11.2. The van der Waals surface area contributed by atoms with E-state index in [2.05, 4.69) is 30.9 Å². The number of aliphatic hydroxyl groups is 1. The van der Waals surface area contributed by atoms with Crippen molar-refractivity contribution in [2.45, 2.75) is 66.7 Å². The highest BCUT2D eigenvalue weighted by atomic mass is 32.2. The number of amides is 1. The summed E-state index contributed by atoms with van der Waals surface area (Å²) in [7, 11) is -7.16. The summed E-state index contributed by atoms with van der Waals surface area (Å²) in [5.74, 6) is -0.749. The number of rotatable bonds is 7. The summed E-state index contributed by atoms with van der Waals surface area (Å²) in [6.07, 6.45) is 1.02. The molecule has 9 nitrogen and oxygen atoms in total. The molecule has 0 fully saturated rings. The van der Waals surface area contributed by atoms with Crippen molar-refractivity contribution in [2.24, 2.45) is 20.7 Å².